The first-order chi connectivity index (χ1) is 8.97. The minimum atomic E-state index is -0.860. The zero-order valence-electron chi connectivity index (χ0n) is 9.63. The summed E-state index contributed by atoms with van der Waals surface area (Å²) < 4.78 is 18.7. The Labute approximate surface area is 112 Å². The summed E-state index contributed by atoms with van der Waals surface area (Å²) in [5.74, 6) is -1.13. The highest BCUT2D eigenvalue weighted by Gasteiger charge is 2.20. The van der Waals surface area contributed by atoms with E-state index in [-0.39, 0.29) is 11.0 Å². The van der Waals surface area contributed by atoms with E-state index in [0.29, 0.717) is 5.82 Å². The van der Waals surface area contributed by atoms with Crippen molar-refractivity contribution in [1.82, 2.24) is 9.97 Å². The topological polar surface area (TPSA) is 78.2 Å². The van der Waals surface area contributed by atoms with E-state index in [1.54, 1.807) is 6.92 Å². The number of nitro benzene ring substituents is 1. The fraction of sp³-hybridized carbons (Fsp3) is 0.0909. The number of halogens is 2. The Morgan fingerprint density at radius 2 is 2.16 bits per heavy atom. The zero-order valence-corrected chi connectivity index (χ0v) is 10.4. The molecule has 2 aromatic rings. The van der Waals surface area contributed by atoms with Crippen molar-refractivity contribution in [3.05, 3.63) is 51.2 Å². The van der Waals surface area contributed by atoms with E-state index in [4.69, 9.17) is 16.3 Å². The highest BCUT2D eigenvalue weighted by molar-refractivity contribution is 6.29. The van der Waals surface area contributed by atoms with E-state index in [1.165, 1.54) is 12.1 Å². The van der Waals surface area contributed by atoms with Crippen molar-refractivity contribution in [3.8, 4) is 11.6 Å². The maximum atomic E-state index is 13.6. The molecule has 0 aliphatic heterocycles. The summed E-state index contributed by atoms with van der Waals surface area (Å²) in [7, 11) is 0. The van der Waals surface area contributed by atoms with Crippen LogP contribution in [0.25, 0.3) is 0 Å². The Balaban J connectivity index is 2.45. The summed E-state index contributed by atoms with van der Waals surface area (Å²) in [6.45, 7) is 1.56. The molecule has 0 aliphatic carbocycles. The second-order valence-corrected chi connectivity index (χ2v) is 3.91. The van der Waals surface area contributed by atoms with Gasteiger partial charge in [0.15, 0.2) is 5.82 Å². The van der Waals surface area contributed by atoms with E-state index < -0.39 is 22.2 Å². The molecule has 0 saturated carbocycles. The number of nitro groups is 1. The van der Waals surface area contributed by atoms with Gasteiger partial charge in [0.05, 0.1) is 4.92 Å². The molecule has 0 spiro atoms. The highest BCUT2D eigenvalue weighted by Crippen LogP contribution is 2.33. The molecule has 1 heterocycles. The lowest BCUT2D eigenvalue weighted by molar-refractivity contribution is -0.385. The van der Waals surface area contributed by atoms with Gasteiger partial charge in [0.2, 0.25) is 11.6 Å². The van der Waals surface area contributed by atoms with Gasteiger partial charge < -0.3 is 4.74 Å². The van der Waals surface area contributed by atoms with Crippen molar-refractivity contribution in [1.29, 1.82) is 0 Å². The molecule has 1 aromatic heterocycles. The zero-order chi connectivity index (χ0) is 14.0. The largest absolute Gasteiger partial charge is 0.428 e. The number of rotatable bonds is 3. The number of ether oxygens (including phenoxy) is 1. The second-order valence-electron chi connectivity index (χ2n) is 3.52. The van der Waals surface area contributed by atoms with Crippen LogP contribution >= 0.6 is 11.6 Å². The maximum absolute atomic E-state index is 13.6. The number of hydrogen-bond acceptors (Lipinski definition) is 5. The lowest BCUT2D eigenvalue weighted by atomic mass is 10.3. The average Bonchev–Trinajstić information content (AvgIpc) is 2.30. The van der Waals surface area contributed by atoms with Crippen LogP contribution in [-0.4, -0.2) is 14.9 Å². The Kier molecular flexibility index (Phi) is 3.57. The van der Waals surface area contributed by atoms with Gasteiger partial charge in [-0.05, 0) is 13.0 Å². The predicted octanol–water partition coefficient (Wildman–Crippen LogP) is 3.28. The molecule has 0 aliphatic rings. The molecule has 0 amide bonds. The molecule has 0 atom stereocenters. The summed E-state index contributed by atoms with van der Waals surface area (Å²) in [5.41, 5.74) is -0.493. The molecule has 98 valence electrons. The number of hydrogen-bond donors (Lipinski definition) is 0. The number of para-hydroxylation sites is 1. The maximum Gasteiger partial charge on any atom is 0.314 e. The minimum absolute atomic E-state index is 0.0642. The Hall–Kier alpha value is -2.28. The van der Waals surface area contributed by atoms with Gasteiger partial charge >= 0.3 is 5.69 Å². The molecule has 2 rings (SSSR count). The van der Waals surface area contributed by atoms with E-state index >= 15 is 0 Å². The first kappa shape index (κ1) is 13.2. The smallest absolute Gasteiger partial charge is 0.314 e. The molecule has 8 heteroatoms. The van der Waals surface area contributed by atoms with Gasteiger partial charge in [0.25, 0.3) is 0 Å². The molecular weight excluding hydrogens is 277 g/mol. The van der Waals surface area contributed by atoms with Gasteiger partial charge in [0, 0.05) is 12.1 Å². The Morgan fingerprint density at radius 1 is 1.42 bits per heavy atom. The summed E-state index contributed by atoms with van der Waals surface area (Å²) in [6, 6.07) is 4.65. The summed E-state index contributed by atoms with van der Waals surface area (Å²) >= 11 is 5.70. The van der Waals surface area contributed by atoms with Crippen LogP contribution < -0.4 is 4.74 Å². The van der Waals surface area contributed by atoms with Crippen LogP contribution in [0.15, 0.2) is 24.3 Å². The van der Waals surface area contributed by atoms with Crippen LogP contribution in [0.4, 0.5) is 10.1 Å². The van der Waals surface area contributed by atoms with Crippen LogP contribution in [0, 0.1) is 22.9 Å². The van der Waals surface area contributed by atoms with Gasteiger partial charge in [-0.15, -0.1) is 0 Å². The number of aryl methyl sites for hydroxylation is 1. The quantitative estimate of drug-likeness (QED) is 0.491. The first-order valence-corrected chi connectivity index (χ1v) is 5.47. The van der Waals surface area contributed by atoms with Crippen LogP contribution in [0.2, 0.25) is 5.15 Å². The fourth-order valence-electron chi connectivity index (χ4n) is 1.40. The number of benzene rings is 1. The molecule has 19 heavy (non-hydrogen) atoms. The third kappa shape index (κ3) is 2.94. The second kappa shape index (κ2) is 5.15. The van der Waals surface area contributed by atoms with Gasteiger partial charge in [-0.2, -0.15) is 4.98 Å². The van der Waals surface area contributed by atoms with Crippen molar-refractivity contribution < 1.29 is 14.1 Å². The van der Waals surface area contributed by atoms with E-state index in [9.17, 15) is 14.5 Å². The van der Waals surface area contributed by atoms with E-state index in [0.717, 1.165) is 12.1 Å². The minimum Gasteiger partial charge on any atom is -0.428 e. The van der Waals surface area contributed by atoms with Crippen molar-refractivity contribution in [2.45, 2.75) is 6.92 Å². The lowest BCUT2D eigenvalue weighted by Crippen LogP contribution is -1.98. The first-order valence-electron chi connectivity index (χ1n) is 5.09. The van der Waals surface area contributed by atoms with Gasteiger partial charge in [0.1, 0.15) is 11.0 Å². The molecule has 0 radical (unpaired) electrons. The molecule has 0 fully saturated rings. The van der Waals surface area contributed by atoms with E-state index in [2.05, 4.69) is 9.97 Å². The van der Waals surface area contributed by atoms with Gasteiger partial charge in [-0.1, -0.05) is 17.7 Å². The van der Waals surface area contributed by atoms with Crippen LogP contribution in [0.1, 0.15) is 5.82 Å². The third-order valence-electron chi connectivity index (χ3n) is 2.13. The molecule has 0 N–H and O–H groups in total. The summed E-state index contributed by atoms with van der Waals surface area (Å²) in [6.07, 6.45) is 0. The molecule has 0 bridgehead atoms. The van der Waals surface area contributed by atoms with Crippen molar-refractivity contribution in [3.63, 3.8) is 0 Å². The summed E-state index contributed by atoms with van der Waals surface area (Å²) in [4.78, 5) is 17.7. The predicted molar refractivity (Wildman–Crippen MR) is 64.9 cm³/mol. The molecule has 6 nitrogen and oxygen atoms in total. The Bertz CT molecular complexity index is 631. The summed E-state index contributed by atoms with van der Waals surface area (Å²) in [5, 5.41) is 10.9. The highest BCUT2D eigenvalue weighted by atomic mass is 35.5. The standard InChI is InChI=1S/C11H7ClFN3O3/c1-6-14-9(12)5-10(15-6)19-11-7(13)3-2-4-8(11)16(17)18/h2-5H,1H3. The van der Waals surface area contributed by atoms with E-state index in [1.807, 2.05) is 0 Å². The van der Waals surface area contributed by atoms with Gasteiger partial charge in [-0.3, -0.25) is 10.1 Å². The van der Waals surface area contributed by atoms with Crippen molar-refractivity contribution >= 4 is 17.3 Å². The molecule has 0 unspecified atom stereocenters. The van der Waals surface area contributed by atoms with Gasteiger partial charge in [-0.25, -0.2) is 9.37 Å². The monoisotopic (exact) mass is 283 g/mol. The number of aromatic nitrogens is 2. The van der Waals surface area contributed by atoms with Crippen LogP contribution in [-0.2, 0) is 0 Å². The average molecular weight is 284 g/mol. The van der Waals surface area contributed by atoms with Crippen LogP contribution in [0.3, 0.4) is 0 Å². The molecule has 0 saturated heterocycles. The molecular formula is C11H7ClFN3O3. The SMILES string of the molecule is Cc1nc(Cl)cc(Oc2c(F)cccc2[N+](=O)[O-])n1. The third-order valence-corrected chi connectivity index (χ3v) is 2.33. The van der Waals surface area contributed by atoms with Crippen molar-refractivity contribution in [2.24, 2.45) is 0 Å². The van der Waals surface area contributed by atoms with Crippen LogP contribution in [0.5, 0.6) is 11.6 Å². The fourth-order valence-corrected chi connectivity index (χ4v) is 1.62. The Morgan fingerprint density at radius 3 is 2.79 bits per heavy atom. The number of nitrogens with zero attached hydrogens (tertiary/aromatic N) is 3. The van der Waals surface area contributed by atoms with Crippen molar-refractivity contribution in [2.75, 3.05) is 0 Å². The normalized spacial score (nSPS) is 10.3. The lowest BCUT2D eigenvalue weighted by Gasteiger charge is -2.06. The molecule has 1 aromatic carbocycles.